The van der Waals surface area contributed by atoms with Crippen LogP contribution in [0.15, 0.2) is 24.3 Å². The molecular weight excluding hydrogens is 254 g/mol. The zero-order valence-electron chi connectivity index (χ0n) is 12.2. The molecule has 1 aliphatic carbocycles. The molecule has 0 aliphatic heterocycles. The van der Waals surface area contributed by atoms with Crippen molar-refractivity contribution < 1.29 is 14.6 Å². The average molecular weight is 279 g/mol. The van der Waals surface area contributed by atoms with E-state index in [4.69, 9.17) is 9.47 Å². The first-order chi connectivity index (χ1) is 9.79. The number of nitrogens with one attached hydrogen (secondary N) is 1. The molecule has 1 atom stereocenters. The van der Waals surface area contributed by atoms with Gasteiger partial charge >= 0.3 is 0 Å². The first-order valence-electron chi connectivity index (χ1n) is 7.44. The monoisotopic (exact) mass is 279 g/mol. The quantitative estimate of drug-likeness (QED) is 0.717. The summed E-state index contributed by atoms with van der Waals surface area (Å²) in [6.45, 7) is 2.02. The van der Waals surface area contributed by atoms with Gasteiger partial charge in [-0.05, 0) is 30.5 Å². The Morgan fingerprint density at radius 1 is 1.35 bits per heavy atom. The Morgan fingerprint density at radius 2 is 2.15 bits per heavy atom. The minimum absolute atomic E-state index is 0.458. The number of hydrogen-bond donors (Lipinski definition) is 2. The topological polar surface area (TPSA) is 50.7 Å². The molecule has 4 heteroatoms. The van der Waals surface area contributed by atoms with Crippen molar-refractivity contribution >= 4 is 0 Å². The fourth-order valence-corrected chi connectivity index (χ4v) is 2.56. The molecule has 0 bridgehead atoms. The normalized spacial score (nSPS) is 17.3. The van der Waals surface area contributed by atoms with E-state index in [1.165, 1.54) is 25.7 Å². The molecule has 1 aromatic carbocycles. The first kappa shape index (κ1) is 15.3. The van der Waals surface area contributed by atoms with E-state index in [1.807, 2.05) is 24.3 Å². The summed E-state index contributed by atoms with van der Waals surface area (Å²) in [6, 6.07) is 7.53. The summed E-state index contributed by atoms with van der Waals surface area (Å²) in [4.78, 5) is 0. The highest BCUT2D eigenvalue weighted by molar-refractivity contribution is 5.29. The second-order valence-corrected chi connectivity index (χ2v) is 5.27. The average Bonchev–Trinajstić information content (AvgIpc) is 3.00. The number of benzene rings is 1. The fraction of sp³-hybridized carbons (Fsp3) is 0.625. The van der Waals surface area contributed by atoms with Gasteiger partial charge in [0.2, 0.25) is 0 Å². The molecule has 0 amide bonds. The van der Waals surface area contributed by atoms with Crippen LogP contribution in [0.25, 0.3) is 0 Å². The van der Waals surface area contributed by atoms with E-state index < -0.39 is 6.10 Å². The van der Waals surface area contributed by atoms with Gasteiger partial charge in [0, 0.05) is 13.1 Å². The molecule has 112 valence electrons. The maximum absolute atomic E-state index is 10.1. The van der Waals surface area contributed by atoms with Crippen molar-refractivity contribution in [3.63, 3.8) is 0 Å². The van der Waals surface area contributed by atoms with Crippen molar-refractivity contribution in [1.29, 1.82) is 0 Å². The van der Waals surface area contributed by atoms with Crippen LogP contribution in [-0.4, -0.2) is 38.0 Å². The Bertz CT molecular complexity index is 391. The number of aliphatic hydroxyl groups excluding tert-OH is 1. The molecule has 1 unspecified atom stereocenters. The van der Waals surface area contributed by atoms with Gasteiger partial charge in [-0.15, -0.1) is 0 Å². The van der Waals surface area contributed by atoms with E-state index in [1.54, 1.807) is 7.11 Å². The number of ether oxygens (including phenoxy) is 2. The fourth-order valence-electron chi connectivity index (χ4n) is 2.56. The number of methoxy groups -OCH3 is 1. The predicted molar refractivity (Wildman–Crippen MR) is 79.0 cm³/mol. The highest BCUT2D eigenvalue weighted by Gasteiger charge is 2.14. The first-order valence-corrected chi connectivity index (χ1v) is 7.44. The molecule has 0 heterocycles. The molecule has 2 rings (SSSR count). The summed E-state index contributed by atoms with van der Waals surface area (Å²) in [5, 5.41) is 13.3. The lowest BCUT2D eigenvalue weighted by Gasteiger charge is -2.14. The van der Waals surface area contributed by atoms with Crippen LogP contribution in [0.3, 0.4) is 0 Å². The van der Waals surface area contributed by atoms with Gasteiger partial charge in [-0.1, -0.05) is 25.0 Å². The third-order valence-electron chi connectivity index (χ3n) is 3.75. The summed E-state index contributed by atoms with van der Waals surface area (Å²) < 4.78 is 10.9. The minimum atomic E-state index is -0.517. The number of hydrogen-bond acceptors (Lipinski definition) is 4. The third-order valence-corrected chi connectivity index (χ3v) is 3.75. The van der Waals surface area contributed by atoms with Crippen LogP contribution in [0.2, 0.25) is 0 Å². The second kappa shape index (κ2) is 8.25. The predicted octanol–water partition coefficient (Wildman–Crippen LogP) is 2.28. The van der Waals surface area contributed by atoms with Crippen molar-refractivity contribution in [2.24, 2.45) is 0 Å². The lowest BCUT2D eigenvalue weighted by atomic mass is 10.1. The number of aliphatic hydroxyl groups is 1. The van der Waals surface area contributed by atoms with Crippen LogP contribution in [0.1, 0.15) is 37.4 Å². The molecule has 0 radical (unpaired) electrons. The molecule has 0 aromatic heterocycles. The van der Waals surface area contributed by atoms with Gasteiger partial charge in [0.25, 0.3) is 0 Å². The largest absolute Gasteiger partial charge is 0.497 e. The molecule has 1 aliphatic rings. The molecule has 20 heavy (non-hydrogen) atoms. The van der Waals surface area contributed by atoms with Gasteiger partial charge in [-0.2, -0.15) is 0 Å². The van der Waals surface area contributed by atoms with E-state index in [0.717, 1.165) is 24.5 Å². The zero-order valence-corrected chi connectivity index (χ0v) is 12.2. The minimum Gasteiger partial charge on any atom is -0.497 e. The van der Waals surface area contributed by atoms with Crippen LogP contribution in [0, 0.1) is 0 Å². The zero-order chi connectivity index (χ0) is 14.2. The summed E-state index contributed by atoms with van der Waals surface area (Å²) in [7, 11) is 1.63. The van der Waals surface area contributed by atoms with Gasteiger partial charge in [0.1, 0.15) is 5.75 Å². The summed E-state index contributed by atoms with van der Waals surface area (Å²) in [5.74, 6) is 0.770. The van der Waals surface area contributed by atoms with Gasteiger partial charge in [-0.25, -0.2) is 0 Å². The van der Waals surface area contributed by atoms with Crippen LogP contribution in [-0.2, 0) is 4.74 Å². The van der Waals surface area contributed by atoms with E-state index in [0.29, 0.717) is 12.6 Å². The van der Waals surface area contributed by atoms with Crippen molar-refractivity contribution in [1.82, 2.24) is 5.32 Å². The lowest BCUT2D eigenvalue weighted by molar-refractivity contribution is 0.0585. The number of rotatable bonds is 8. The van der Waals surface area contributed by atoms with Crippen molar-refractivity contribution in [3.05, 3.63) is 29.8 Å². The van der Waals surface area contributed by atoms with Crippen molar-refractivity contribution in [2.75, 3.05) is 26.8 Å². The SMILES string of the molecule is COc1cccc(C(O)CNCCOC2CCCC2)c1. The van der Waals surface area contributed by atoms with Crippen LogP contribution in [0.5, 0.6) is 5.75 Å². The van der Waals surface area contributed by atoms with E-state index >= 15 is 0 Å². The Balaban J connectivity index is 1.62. The summed E-state index contributed by atoms with van der Waals surface area (Å²) in [6.07, 6.45) is 4.94. The standard InChI is InChI=1S/C16H25NO3/c1-19-15-8-4-5-13(11-15)16(18)12-17-9-10-20-14-6-2-3-7-14/h4-5,8,11,14,16-18H,2-3,6-7,9-10,12H2,1H3. The van der Waals surface area contributed by atoms with E-state index in [2.05, 4.69) is 5.32 Å². The lowest BCUT2D eigenvalue weighted by Crippen LogP contribution is -2.26. The van der Waals surface area contributed by atoms with Crippen molar-refractivity contribution in [3.8, 4) is 5.75 Å². The van der Waals surface area contributed by atoms with E-state index in [9.17, 15) is 5.11 Å². The van der Waals surface area contributed by atoms with Crippen LogP contribution in [0.4, 0.5) is 0 Å². The van der Waals surface area contributed by atoms with E-state index in [-0.39, 0.29) is 0 Å². The Labute approximate surface area is 121 Å². The second-order valence-electron chi connectivity index (χ2n) is 5.27. The van der Waals surface area contributed by atoms with Crippen LogP contribution < -0.4 is 10.1 Å². The molecule has 1 saturated carbocycles. The Morgan fingerprint density at radius 3 is 2.90 bits per heavy atom. The van der Waals surface area contributed by atoms with Gasteiger partial charge < -0.3 is 19.9 Å². The maximum atomic E-state index is 10.1. The van der Waals surface area contributed by atoms with Gasteiger partial charge in [0.05, 0.1) is 25.9 Å². The van der Waals surface area contributed by atoms with Gasteiger partial charge in [0.15, 0.2) is 0 Å². The third kappa shape index (κ3) is 4.78. The highest BCUT2D eigenvalue weighted by atomic mass is 16.5. The highest BCUT2D eigenvalue weighted by Crippen LogP contribution is 2.20. The molecule has 4 nitrogen and oxygen atoms in total. The molecule has 1 aromatic rings. The summed E-state index contributed by atoms with van der Waals surface area (Å²) in [5.41, 5.74) is 0.869. The molecule has 0 spiro atoms. The molecule has 2 N–H and O–H groups in total. The smallest absolute Gasteiger partial charge is 0.119 e. The molecule has 0 saturated heterocycles. The molecule has 1 fully saturated rings. The maximum Gasteiger partial charge on any atom is 0.119 e. The summed E-state index contributed by atoms with van der Waals surface area (Å²) >= 11 is 0. The van der Waals surface area contributed by atoms with Crippen LogP contribution >= 0.6 is 0 Å². The Hall–Kier alpha value is -1.10. The molecular formula is C16H25NO3. The van der Waals surface area contributed by atoms with Gasteiger partial charge in [-0.3, -0.25) is 0 Å². The Kier molecular flexibility index (Phi) is 6.30. The van der Waals surface area contributed by atoms with Crippen molar-refractivity contribution in [2.45, 2.75) is 37.9 Å².